The largest absolute Gasteiger partial charge is 0.350 e. The van der Waals surface area contributed by atoms with Crippen molar-refractivity contribution in [1.82, 2.24) is 5.32 Å². The van der Waals surface area contributed by atoms with Gasteiger partial charge in [-0.1, -0.05) is 90.5 Å². The van der Waals surface area contributed by atoms with Crippen LogP contribution in [0.4, 0.5) is 0 Å². The molecule has 1 unspecified atom stereocenters. The molecular formula is C24H25NO. The SMILES string of the molecule is Cc1ccc(C(C)NC(=O)CC(c2ccccc2)c2ccccc2)cc1. The predicted molar refractivity (Wildman–Crippen MR) is 107 cm³/mol. The molecule has 26 heavy (non-hydrogen) atoms. The zero-order valence-electron chi connectivity index (χ0n) is 15.4. The number of amides is 1. The molecule has 0 radical (unpaired) electrons. The number of hydrogen-bond donors (Lipinski definition) is 1. The third kappa shape index (κ3) is 4.60. The van der Waals surface area contributed by atoms with Crippen LogP contribution < -0.4 is 5.32 Å². The Balaban J connectivity index is 1.74. The molecule has 0 aliphatic carbocycles. The Morgan fingerprint density at radius 2 is 1.27 bits per heavy atom. The van der Waals surface area contributed by atoms with E-state index in [1.54, 1.807) is 0 Å². The number of benzene rings is 3. The van der Waals surface area contributed by atoms with Gasteiger partial charge >= 0.3 is 0 Å². The monoisotopic (exact) mass is 343 g/mol. The van der Waals surface area contributed by atoms with E-state index in [4.69, 9.17) is 0 Å². The van der Waals surface area contributed by atoms with E-state index in [9.17, 15) is 4.79 Å². The van der Waals surface area contributed by atoms with Gasteiger partial charge in [0, 0.05) is 12.3 Å². The van der Waals surface area contributed by atoms with Crippen molar-refractivity contribution < 1.29 is 4.79 Å². The van der Waals surface area contributed by atoms with Crippen LogP contribution in [0.2, 0.25) is 0 Å². The van der Waals surface area contributed by atoms with E-state index in [0.29, 0.717) is 6.42 Å². The van der Waals surface area contributed by atoms with Gasteiger partial charge in [0.05, 0.1) is 6.04 Å². The highest BCUT2D eigenvalue weighted by Gasteiger charge is 2.19. The van der Waals surface area contributed by atoms with E-state index in [-0.39, 0.29) is 17.9 Å². The number of hydrogen-bond acceptors (Lipinski definition) is 1. The lowest BCUT2D eigenvalue weighted by Crippen LogP contribution is -2.28. The lowest BCUT2D eigenvalue weighted by molar-refractivity contribution is -0.121. The first-order valence-electron chi connectivity index (χ1n) is 9.09. The molecule has 0 aromatic heterocycles. The summed E-state index contributed by atoms with van der Waals surface area (Å²) in [5, 5.41) is 3.15. The van der Waals surface area contributed by atoms with Gasteiger partial charge in [-0.05, 0) is 30.5 Å². The van der Waals surface area contributed by atoms with Crippen LogP contribution in [0, 0.1) is 6.92 Å². The topological polar surface area (TPSA) is 29.1 Å². The summed E-state index contributed by atoms with van der Waals surface area (Å²) in [5.74, 6) is 0.124. The first kappa shape index (κ1) is 17.9. The van der Waals surface area contributed by atoms with Crippen LogP contribution in [-0.2, 0) is 4.79 Å². The van der Waals surface area contributed by atoms with Gasteiger partial charge in [0.25, 0.3) is 0 Å². The maximum Gasteiger partial charge on any atom is 0.221 e. The second-order valence-corrected chi connectivity index (χ2v) is 6.78. The van der Waals surface area contributed by atoms with E-state index in [0.717, 1.165) is 16.7 Å². The number of carbonyl (C=O) groups is 1. The number of aryl methyl sites for hydroxylation is 1. The summed E-state index contributed by atoms with van der Waals surface area (Å²) in [6.45, 7) is 4.10. The minimum atomic E-state index is -0.00435. The molecule has 1 amide bonds. The molecule has 0 saturated carbocycles. The first-order valence-corrected chi connectivity index (χ1v) is 9.09. The first-order chi connectivity index (χ1) is 12.6. The van der Waals surface area contributed by atoms with Crippen molar-refractivity contribution in [3.05, 3.63) is 107 Å². The molecule has 0 aliphatic rings. The van der Waals surface area contributed by atoms with Gasteiger partial charge in [0.15, 0.2) is 0 Å². The fourth-order valence-electron chi connectivity index (χ4n) is 3.22. The van der Waals surface area contributed by atoms with E-state index < -0.39 is 0 Å². The zero-order chi connectivity index (χ0) is 18.4. The summed E-state index contributed by atoms with van der Waals surface area (Å²) in [7, 11) is 0. The molecule has 0 spiro atoms. The highest BCUT2D eigenvalue weighted by Crippen LogP contribution is 2.28. The summed E-state index contributed by atoms with van der Waals surface area (Å²) in [6.07, 6.45) is 0.435. The standard InChI is InChI=1S/C24H25NO/c1-18-13-15-20(16-14-18)19(2)25-24(26)17-23(21-9-5-3-6-10-21)22-11-7-4-8-12-22/h3-16,19,23H,17H2,1-2H3,(H,25,26). The fourth-order valence-corrected chi connectivity index (χ4v) is 3.22. The van der Waals surface area contributed by atoms with Crippen LogP contribution in [0.25, 0.3) is 0 Å². The van der Waals surface area contributed by atoms with Crippen molar-refractivity contribution in [3.8, 4) is 0 Å². The van der Waals surface area contributed by atoms with E-state index >= 15 is 0 Å². The van der Waals surface area contributed by atoms with Crippen molar-refractivity contribution in [3.63, 3.8) is 0 Å². The number of carbonyl (C=O) groups excluding carboxylic acids is 1. The van der Waals surface area contributed by atoms with Crippen molar-refractivity contribution >= 4 is 5.91 Å². The summed E-state index contributed by atoms with van der Waals surface area (Å²) in [4.78, 5) is 12.7. The third-order valence-electron chi connectivity index (χ3n) is 4.75. The van der Waals surface area contributed by atoms with Gasteiger partial charge in [-0.15, -0.1) is 0 Å². The summed E-state index contributed by atoms with van der Waals surface area (Å²) in [5.41, 5.74) is 4.68. The molecule has 0 saturated heterocycles. The second-order valence-electron chi connectivity index (χ2n) is 6.78. The van der Waals surface area contributed by atoms with Crippen molar-refractivity contribution in [2.75, 3.05) is 0 Å². The molecule has 3 aromatic carbocycles. The van der Waals surface area contributed by atoms with E-state index in [1.165, 1.54) is 5.56 Å². The number of nitrogens with one attached hydrogen (secondary N) is 1. The molecule has 3 rings (SSSR count). The van der Waals surface area contributed by atoms with Crippen molar-refractivity contribution in [2.45, 2.75) is 32.2 Å². The molecule has 0 bridgehead atoms. The molecule has 132 valence electrons. The number of rotatable bonds is 6. The third-order valence-corrected chi connectivity index (χ3v) is 4.75. The smallest absolute Gasteiger partial charge is 0.221 e. The van der Waals surface area contributed by atoms with Gasteiger partial charge in [-0.2, -0.15) is 0 Å². The lowest BCUT2D eigenvalue weighted by atomic mass is 9.88. The maximum atomic E-state index is 12.7. The molecule has 1 N–H and O–H groups in total. The molecule has 3 aromatic rings. The van der Waals surface area contributed by atoms with Gasteiger partial charge < -0.3 is 5.32 Å². The Labute approximate surface area is 155 Å². The lowest BCUT2D eigenvalue weighted by Gasteiger charge is -2.20. The molecule has 1 atom stereocenters. The molecule has 0 fully saturated rings. The Bertz CT molecular complexity index is 786. The Hall–Kier alpha value is -2.87. The average molecular weight is 343 g/mol. The van der Waals surface area contributed by atoms with E-state index in [2.05, 4.69) is 60.8 Å². The Morgan fingerprint density at radius 3 is 1.77 bits per heavy atom. The summed E-state index contributed by atoms with van der Waals surface area (Å²) in [6, 6.07) is 28.8. The van der Waals surface area contributed by atoms with Gasteiger partial charge in [0.2, 0.25) is 5.91 Å². The minimum absolute atomic E-state index is 0.00435. The molecule has 0 heterocycles. The normalized spacial score (nSPS) is 12.0. The minimum Gasteiger partial charge on any atom is -0.350 e. The molecule has 2 heteroatoms. The van der Waals surface area contributed by atoms with E-state index in [1.807, 2.05) is 43.3 Å². The van der Waals surface area contributed by atoms with Crippen molar-refractivity contribution in [2.24, 2.45) is 0 Å². The maximum absolute atomic E-state index is 12.7. The van der Waals surface area contributed by atoms with Crippen LogP contribution in [-0.4, -0.2) is 5.91 Å². The molecule has 0 aliphatic heterocycles. The van der Waals surface area contributed by atoms with Crippen molar-refractivity contribution in [1.29, 1.82) is 0 Å². The van der Waals surface area contributed by atoms with Crippen LogP contribution in [0.3, 0.4) is 0 Å². The zero-order valence-corrected chi connectivity index (χ0v) is 15.4. The van der Waals surface area contributed by atoms with Crippen LogP contribution >= 0.6 is 0 Å². The van der Waals surface area contributed by atoms with Crippen LogP contribution in [0.5, 0.6) is 0 Å². The highest BCUT2D eigenvalue weighted by molar-refractivity contribution is 5.78. The molecule has 2 nitrogen and oxygen atoms in total. The fraction of sp³-hybridized carbons (Fsp3) is 0.208. The van der Waals surface area contributed by atoms with Gasteiger partial charge in [-0.25, -0.2) is 0 Å². The van der Waals surface area contributed by atoms with Gasteiger partial charge in [0.1, 0.15) is 0 Å². The predicted octanol–water partition coefficient (Wildman–Crippen LogP) is 5.39. The molecular weight excluding hydrogens is 318 g/mol. The summed E-state index contributed by atoms with van der Waals surface area (Å²) < 4.78 is 0. The average Bonchev–Trinajstić information content (AvgIpc) is 2.68. The summed E-state index contributed by atoms with van der Waals surface area (Å²) >= 11 is 0. The Morgan fingerprint density at radius 1 is 0.769 bits per heavy atom. The quantitative estimate of drug-likeness (QED) is 0.638. The highest BCUT2D eigenvalue weighted by atomic mass is 16.1. The Kier molecular flexibility index (Phi) is 5.85. The van der Waals surface area contributed by atoms with Gasteiger partial charge in [-0.3, -0.25) is 4.79 Å². The second kappa shape index (κ2) is 8.48. The van der Waals surface area contributed by atoms with Crippen LogP contribution in [0.1, 0.15) is 47.6 Å². The van der Waals surface area contributed by atoms with Crippen LogP contribution in [0.15, 0.2) is 84.9 Å².